The molecule has 4 nitrogen and oxygen atoms in total. The summed E-state index contributed by atoms with van der Waals surface area (Å²) < 4.78 is 0. The first kappa shape index (κ1) is 15.9. The molecule has 1 amide bonds. The van der Waals surface area contributed by atoms with E-state index in [4.69, 9.17) is 0 Å². The van der Waals surface area contributed by atoms with Crippen LogP contribution in [-0.4, -0.2) is 27.3 Å². The monoisotopic (exact) mass is 327 g/mol. The number of aromatic nitrogens is 2. The van der Waals surface area contributed by atoms with E-state index in [0.29, 0.717) is 17.9 Å². The van der Waals surface area contributed by atoms with Gasteiger partial charge in [-0.3, -0.25) is 4.79 Å². The number of amides is 1. The lowest BCUT2D eigenvalue weighted by atomic mass is 10.1. The molecule has 0 N–H and O–H groups in total. The molecule has 5 heteroatoms. The van der Waals surface area contributed by atoms with Crippen molar-refractivity contribution in [1.29, 1.82) is 0 Å². The van der Waals surface area contributed by atoms with Crippen LogP contribution < -0.4 is 0 Å². The molecular weight excluding hydrogens is 306 g/mol. The average Bonchev–Trinajstić information content (AvgIpc) is 2.96. The number of hydrogen-bond donors (Lipinski definition) is 0. The van der Waals surface area contributed by atoms with E-state index in [1.54, 1.807) is 11.3 Å². The van der Waals surface area contributed by atoms with Gasteiger partial charge in [0.05, 0.1) is 4.88 Å². The van der Waals surface area contributed by atoms with Crippen molar-refractivity contribution in [3.05, 3.63) is 48.1 Å². The standard InChI is InChI=1S/C18H21N3OS/c1-4-16(22)21(12-14-8-18(14,2)3)11-13-9-19-17(20-10-13)15-6-5-7-23-15/h4-7,9-10,14H,1,8,11-12H2,2-3H3. The van der Waals surface area contributed by atoms with E-state index in [1.807, 2.05) is 34.8 Å². The second-order valence-corrected chi connectivity index (χ2v) is 7.65. The normalized spacial score (nSPS) is 18.4. The highest BCUT2D eigenvalue weighted by Crippen LogP contribution is 2.51. The summed E-state index contributed by atoms with van der Waals surface area (Å²) in [6.45, 7) is 9.40. The van der Waals surface area contributed by atoms with Gasteiger partial charge in [-0.1, -0.05) is 26.5 Å². The molecular formula is C18H21N3OS. The van der Waals surface area contributed by atoms with E-state index >= 15 is 0 Å². The smallest absolute Gasteiger partial charge is 0.246 e. The Morgan fingerprint density at radius 3 is 2.70 bits per heavy atom. The molecule has 1 fully saturated rings. The molecule has 2 aromatic heterocycles. The summed E-state index contributed by atoms with van der Waals surface area (Å²) in [5.74, 6) is 1.27. The van der Waals surface area contributed by atoms with E-state index in [9.17, 15) is 4.79 Å². The van der Waals surface area contributed by atoms with Crippen molar-refractivity contribution in [1.82, 2.24) is 14.9 Å². The number of rotatable bonds is 6. The molecule has 1 unspecified atom stereocenters. The Kier molecular flexibility index (Phi) is 4.31. The predicted octanol–water partition coefficient (Wildman–Crippen LogP) is 3.77. The molecule has 0 aliphatic heterocycles. The molecule has 0 bridgehead atoms. The van der Waals surface area contributed by atoms with Crippen molar-refractivity contribution < 1.29 is 4.79 Å². The third-order valence-corrected chi connectivity index (χ3v) is 5.33. The van der Waals surface area contributed by atoms with Crippen molar-refractivity contribution in [2.75, 3.05) is 6.54 Å². The van der Waals surface area contributed by atoms with Gasteiger partial charge < -0.3 is 4.90 Å². The molecule has 2 heterocycles. The first-order valence-corrected chi connectivity index (χ1v) is 8.64. The van der Waals surface area contributed by atoms with Gasteiger partial charge in [0.1, 0.15) is 0 Å². The minimum absolute atomic E-state index is 0.0324. The molecule has 1 aliphatic rings. The second kappa shape index (κ2) is 6.24. The fraction of sp³-hybridized carbons (Fsp3) is 0.389. The summed E-state index contributed by atoms with van der Waals surface area (Å²) in [7, 11) is 0. The van der Waals surface area contributed by atoms with E-state index in [0.717, 1.165) is 22.8 Å². The highest BCUT2D eigenvalue weighted by molar-refractivity contribution is 7.13. The SMILES string of the molecule is C=CC(=O)N(Cc1cnc(-c2cccs2)nc1)CC1CC1(C)C. The molecule has 1 aliphatic carbocycles. The number of carbonyl (C=O) groups excluding carboxylic acids is 1. The van der Waals surface area contributed by atoms with E-state index in [2.05, 4.69) is 30.4 Å². The lowest BCUT2D eigenvalue weighted by molar-refractivity contribution is -0.126. The molecule has 2 aromatic rings. The summed E-state index contributed by atoms with van der Waals surface area (Å²) in [5.41, 5.74) is 1.29. The molecule has 1 saturated carbocycles. The third kappa shape index (κ3) is 3.67. The molecule has 0 spiro atoms. The number of hydrogen-bond acceptors (Lipinski definition) is 4. The molecule has 3 rings (SSSR count). The highest BCUT2D eigenvalue weighted by Gasteiger charge is 2.46. The van der Waals surface area contributed by atoms with Crippen LogP contribution in [0.2, 0.25) is 0 Å². The maximum absolute atomic E-state index is 12.1. The molecule has 0 radical (unpaired) electrons. The topological polar surface area (TPSA) is 46.1 Å². The van der Waals surface area contributed by atoms with Crippen molar-refractivity contribution in [3.63, 3.8) is 0 Å². The zero-order chi connectivity index (χ0) is 16.4. The van der Waals surface area contributed by atoms with Crippen molar-refractivity contribution in [3.8, 4) is 10.7 Å². The summed E-state index contributed by atoms with van der Waals surface area (Å²) in [4.78, 5) is 23.8. The largest absolute Gasteiger partial charge is 0.334 e. The third-order valence-electron chi connectivity index (χ3n) is 4.46. The van der Waals surface area contributed by atoms with Gasteiger partial charge in [0.25, 0.3) is 0 Å². The van der Waals surface area contributed by atoms with E-state index in [1.165, 1.54) is 12.5 Å². The molecule has 0 saturated heterocycles. The lowest BCUT2D eigenvalue weighted by Gasteiger charge is -2.22. The fourth-order valence-corrected chi connectivity index (χ4v) is 3.38. The van der Waals surface area contributed by atoms with Crippen molar-refractivity contribution in [2.24, 2.45) is 11.3 Å². The Balaban J connectivity index is 1.69. The molecule has 23 heavy (non-hydrogen) atoms. The Morgan fingerprint density at radius 2 is 2.17 bits per heavy atom. The van der Waals surface area contributed by atoms with Crippen LogP contribution in [-0.2, 0) is 11.3 Å². The summed E-state index contributed by atoms with van der Waals surface area (Å²) in [6, 6.07) is 3.99. The predicted molar refractivity (Wildman–Crippen MR) is 92.8 cm³/mol. The Hall–Kier alpha value is -2.01. The molecule has 0 aromatic carbocycles. The number of nitrogens with zero attached hydrogens (tertiary/aromatic N) is 3. The van der Waals surface area contributed by atoms with Crippen LogP contribution in [0.4, 0.5) is 0 Å². The minimum Gasteiger partial charge on any atom is -0.334 e. The summed E-state index contributed by atoms with van der Waals surface area (Å²) in [5, 5.41) is 2.01. The quantitative estimate of drug-likeness (QED) is 0.759. The van der Waals surface area contributed by atoms with E-state index in [-0.39, 0.29) is 5.91 Å². The van der Waals surface area contributed by atoms with Gasteiger partial charge in [-0.15, -0.1) is 11.3 Å². The van der Waals surface area contributed by atoms with Gasteiger partial charge in [-0.05, 0) is 35.3 Å². The zero-order valence-electron chi connectivity index (χ0n) is 13.5. The van der Waals surface area contributed by atoms with Gasteiger partial charge in [0, 0.05) is 31.0 Å². The van der Waals surface area contributed by atoms with Crippen LogP contribution in [0, 0.1) is 11.3 Å². The average molecular weight is 327 g/mol. The maximum atomic E-state index is 12.1. The summed E-state index contributed by atoms with van der Waals surface area (Å²) >= 11 is 1.62. The molecule has 120 valence electrons. The van der Waals surface area contributed by atoms with Crippen LogP contribution in [0.5, 0.6) is 0 Å². The van der Waals surface area contributed by atoms with Crippen molar-refractivity contribution >= 4 is 17.2 Å². The highest BCUT2D eigenvalue weighted by atomic mass is 32.1. The van der Waals surface area contributed by atoms with Gasteiger partial charge >= 0.3 is 0 Å². The first-order chi connectivity index (χ1) is 11.0. The fourth-order valence-electron chi connectivity index (χ4n) is 2.71. The van der Waals surface area contributed by atoms with Crippen LogP contribution in [0.15, 0.2) is 42.6 Å². The Bertz CT molecular complexity index is 692. The van der Waals surface area contributed by atoms with Crippen LogP contribution in [0.1, 0.15) is 25.8 Å². The van der Waals surface area contributed by atoms with Crippen LogP contribution >= 0.6 is 11.3 Å². The van der Waals surface area contributed by atoms with Gasteiger partial charge in [0.15, 0.2) is 5.82 Å². The maximum Gasteiger partial charge on any atom is 0.246 e. The molecule has 1 atom stereocenters. The number of carbonyl (C=O) groups is 1. The lowest BCUT2D eigenvalue weighted by Crippen LogP contribution is -2.31. The first-order valence-electron chi connectivity index (χ1n) is 7.76. The van der Waals surface area contributed by atoms with Crippen LogP contribution in [0.25, 0.3) is 10.7 Å². The van der Waals surface area contributed by atoms with E-state index < -0.39 is 0 Å². The van der Waals surface area contributed by atoms with Crippen molar-refractivity contribution in [2.45, 2.75) is 26.8 Å². The summed E-state index contributed by atoms with van der Waals surface area (Å²) in [6.07, 6.45) is 6.17. The zero-order valence-corrected chi connectivity index (χ0v) is 14.3. The minimum atomic E-state index is -0.0324. The van der Waals surface area contributed by atoms with Gasteiger partial charge in [-0.25, -0.2) is 9.97 Å². The number of thiophene rings is 1. The van der Waals surface area contributed by atoms with Gasteiger partial charge in [-0.2, -0.15) is 0 Å². The second-order valence-electron chi connectivity index (χ2n) is 6.70. The van der Waals surface area contributed by atoms with Gasteiger partial charge in [0.2, 0.25) is 5.91 Å². The Morgan fingerprint density at radius 1 is 1.48 bits per heavy atom. The Labute approximate surface area is 140 Å². The van der Waals surface area contributed by atoms with Crippen LogP contribution in [0.3, 0.4) is 0 Å².